The molecule has 0 fully saturated rings. The van der Waals surface area contributed by atoms with E-state index in [1.54, 1.807) is 31.4 Å². The number of ether oxygens (including phenoxy) is 1. The minimum atomic E-state index is -3.68. The predicted octanol–water partition coefficient (Wildman–Crippen LogP) is 8.66. The van der Waals surface area contributed by atoms with E-state index in [1.165, 1.54) is 93.9 Å². The van der Waals surface area contributed by atoms with E-state index in [1.807, 2.05) is 30.5 Å². The van der Waals surface area contributed by atoms with Crippen LogP contribution in [0.15, 0.2) is 59.6 Å². The number of hydrogen-bond acceptors (Lipinski definition) is 4. The zero-order valence-corrected chi connectivity index (χ0v) is 24.8. The van der Waals surface area contributed by atoms with Crippen LogP contribution in [0.5, 0.6) is 5.75 Å². The van der Waals surface area contributed by atoms with E-state index < -0.39 is 10.0 Å². The number of hydrogen-bond donors (Lipinski definition) is 1. The maximum atomic E-state index is 13.4. The highest BCUT2D eigenvalue weighted by Gasteiger charge is 2.21. The molecular formula is C33H49NO4S. The van der Waals surface area contributed by atoms with Crippen LogP contribution in [-0.2, 0) is 16.4 Å². The van der Waals surface area contributed by atoms with E-state index in [0.717, 1.165) is 35.7 Å². The second kappa shape index (κ2) is 17.4. The van der Waals surface area contributed by atoms with Crippen LogP contribution in [0.1, 0.15) is 108 Å². The van der Waals surface area contributed by atoms with Crippen molar-refractivity contribution in [1.29, 1.82) is 0 Å². The third kappa shape index (κ3) is 9.99. The fourth-order valence-electron chi connectivity index (χ4n) is 5.38. The fourth-order valence-corrected chi connectivity index (χ4v) is 6.77. The fraction of sp³-hybridized carbons (Fsp3) is 0.576. The first-order chi connectivity index (χ1) is 19.1. The number of unbranched alkanes of at least 4 members (excludes halogenated alkanes) is 15. The first-order valence-electron chi connectivity index (χ1n) is 15.2. The Morgan fingerprint density at radius 1 is 0.667 bits per heavy atom. The van der Waals surface area contributed by atoms with Crippen LogP contribution in [0.2, 0.25) is 0 Å². The smallest absolute Gasteiger partial charge is 0.268 e. The number of methoxy groups -OCH3 is 1. The summed E-state index contributed by atoms with van der Waals surface area (Å²) < 4.78 is 33.4. The molecule has 0 aliphatic carbocycles. The lowest BCUT2D eigenvalue weighted by atomic mass is 10.0. The van der Waals surface area contributed by atoms with Gasteiger partial charge in [0.15, 0.2) is 0 Å². The molecule has 5 nitrogen and oxygen atoms in total. The highest BCUT2D eigenvalue weighted by atomic mass is 32.2. The predicted molar refractivity (Wildman–Crippen MR) is 162 cm³/mol. The molecule has 0 bridgehead atoms. The third-order valence-corrected chi connectivity index (χ3v) is 9.42. The van der Waals surface area contributed by atoms with Gasteiger partial charge in [-0.3, -0.25) is 0 Å². The molecule has 2 aromatic carbocycles. The number of aliphatic hydroxyl groups is 1. The minimum Gasteiger partial charge on any atom is -0.497 e. The molecule has 1 N–H and O–H groups in total. The SMILES string of the molecule is COc1ccc(S(=O)(=O)n2cc(CCCCCCCCCCCCCCCCCCO)c3ccccc32)cc1. The molecule has 1 heterocycles. The Labute approximate surface area is 236 Å². The van der Waals surface area contributed by atoms with Gasteiger partial charge in [0, 0.05) is 18.2 Å². The van der Waals surface area contributed by atoms with Crippen molar-refractivity contribution < 1.29 is 18.3 Å². The molecule has 0 amide bonds. The van der Waals surface area contributed by atoms with Crippen LogP contribution in [0.25, 0.3) is 10.9 Å². The summed E-state index contributed by atoms with van der Waals surface area (Å²) in [5.41, 5.74) is 1.84. The van der Waals surface area contributed by atoms with Crippen molar-refractivity contribution in [3.05, 3.63) is 60.3 Å². The number of rotatable bonds is 21. The number of aryl methyl sites for hydroxylation is 1. The van der Waals surface area contributed by atoms with Crippen LogP contribution in [0.3, 0.4) is 0 Å². The maximum Gasteiger partial charge on any atom is 0.268 e. The number of aliphatic hydroxyl groups excluding tert-OH is 1. The zero-order valence-electron chi connectivity index (χ0n) is 24.0. The molecule has 1 aromatic heterocycles. The molecular weight excluding hydrogens is 506 g/mol. The van der Waals surface area contributed by atoms with Gasteiger partial charge in [0.1, 0.15) is 5.75 Å². The molecule has 216 valence electrons. The number of para-hydroxylation sites is 1. The van der Waals surface area contributed by atoms with E-state index in [4.69, 9.17) is 9.84 Å². The number of aromatic nitrogens is 1. The summed E-state index contributed by atoms with van der Waals surface area (Å²) in [6, 6.07) is 14.4. The highest BCUT2D eigenvalue weighted by molar-refractivity contribution is 7.90. The van der Waals surface area contributed by atoms with Gasteiger partial charge in [0.05, 0.1) is 17.5 Å². The normalized spacial score (nSPS) is 11.8. The van der Waals surface area contributed by atoms with Gasteiger partial charge in [-0.2, -0.15) is 0 Å². The largest absolute Gasteiger partial charge is 0.497 e. The van der Waals surface area contributed by atoms with Crippen molar-refractivity contribution in [1.82, 2.24) is 3.97 Å². The number of nitrogens with zero attached hydrogens (tertiary/aromatic N) is 1. The van der Waals surface area contributed by atoms with E-state index in [0.29, 0.717) is 12.4 Å². The summed E-state index contributed by atoms with van der Waals surface area (Å²) in [5, 5.41) is 9.83. The minimum absolute atomic E-state index is 0.265. The molecule has 0 spiro atoms. The van der Waals surface area contributed by atoms with E-state index in [9.17, 15) is 8.42 Å². The second-order valence-electron chi connectivity index (χ2n) is 10.8. The quantitative estimate of drug-likeness (QED) is 0.134. The second-order valence-corrected chi connectivity index (χ2v) is 12.6. The van der Waals surface area contributed by atoms with Gasteiger partial charge in [0.2, 0.25) is 0 Å². The van der Waals surface area contributed by atoms with E-state index >= 15 is 0 Å². The molecule has 39 heavy (non-hydrogen) atoms. The van der Waals surface area contributed by atoms with Crippen LogP contribution < -0.4 is 4.74 Å². The lowest BCUT2D eigenvalue weighted by Crippen LogP contribution is -2.11. The molecule has 6 heteroatoms. The average molecular weight is 556 g/mol. The average Bonchev–Trinajstić information content (AvgIpc) is 3.34. The Hall–Kier alpha value is -2.31. The van der Waals surface area contributed by atoms with Gasteiger partial charge >= 0.3 is 0 Å². The first-order valence-corrected chi connectivity index (χ1v) is 16.6. The van der Waals surface area contributed by atoms with Crippen molar-refractivity contribution in [3.63, 3.8) is 0 Å². The lowest BCUT2D eigenvalue weighted by molar-refractivity contribution is 0.282. The summed E-state index contributed by atoms with van der Waals surface area (Å²) in [4.78, 5) is 0.265. The Morgan fingerprint density at radius 3 is 1.67 bits per heavy atom. The van der Waals surface area contributed by atoms with E-state index in [-0.39, 0.29) is 4.90 Å². The van der Waals surface area contributed by atoms with Crippen molar-refractivity contribution in [3.8, 4) is 5.75 Å². The van der Waals surface area contributed by atoms with Gasteiger partial charge in [-0.1, -0.05) is 108 Å². The highest BCUT2D eigenvalue weighted by Crippen LogP contribution is 2.28. The van der Waals surface area contributed by atoms with Crippen LogP contribution in [0.4, 0.5) is 0 Å². The van der Waals surface area contributed by atoms with Gasteiger partial charge < -0.3 is 9.84 Å². The maximum absolute atomic E-state index is 13.4. The molecule has 0 radical (unpaired) electrons. The van der Waals surface area contributed by atoms with Crippen molar-refractivity contribution in [2.75, 3.05) is 13.7 Å². The van der Waals surface area contributed by atoms with Crippen molar-refractivity contribution >= 4 is 20.9 Å². The van der Waals surface area contributed by atoms with Crippen molar-refractivity contribution in [2.24, 2.45) is 0 Å². The molecule has 0 unspecified atom stereocenters. The van der Waals surface area contributed by atoms with Crippen LogP contribution in [-0.4, -0.2) is 31.2 Å². The summed E-state index contributed by atoms with van der Waals surface area (Å²) in [6.07, 6.45) is 23.1. The Bertz CT molecular complexity index is 1180. The molecule has 0 atom stereocenters. The van der Waals surface area contributed by atoms with Crippen molar-refractivity contribution in [2.45, 2.75) is 114 Å². The molecule has 0 aliphatic heterocycles. The van der Waals surface area contributed by atoms with Crippen LogP contribution in [0, 0.1) is 0 Å². The van der Waals surface area contributed by atoms with E-state index in [2.05, 4.69) is 0 Å². The van der Waals surface area contributed by atoms with Gasteiger partial charge in [0.25, 0.3) is 10.0 Å². The molecule has 0 aliphatic rings. The topological polar surface area (TPSA) is 68.5 Å². The number of fused-ring (bicyclic) bond motifs is 1. The Kier molecular flexibility index (Phi) is 13.9. The summed E-state index contributed by atoms with van der Waals surface area (Å²) in [7, 11) is -2.10. The Morgan fingerprint density at radius 2 is 1.15 bits per heavy atom. The summed E-state index contributed by atoms with van der Waals surface area (Å²) in [5.74, 6) is 0.639. The molecule has 3 aromatic rings. The van der Waals surface area contributed by atoms with Gasteiger partial charge in [-0.25, -0.2) is 12.4 Å². The standard InChI is InChI=1S/C33H49NO4S/c1-38-30-23-25-31(26-24-30)39(36,37)34-28-29(32-21-17-18-22-33(32)34)20-16-14-12-10-8-6-4-2-3-5-7-9-11-13-15-19-27-35/h17-18,21-26,28,35H,2-16,19-20,27H2,1H3. The zero-order chi connectivity index (χ0) is 27.8. The molecule has 3 rings (SSSR count). The lowest BCUT2D eigenvalue weighted by Gasteiger charge is -2.08. The molecule has 0 saturated heterocycles. The summed E-state index contributed by atoms with van der Waals surface area (Å²) >= 11 is 0. The number of benzene rings is 2. The first kappa shape index (κ1) is 31.2. The van der Waals surface area contributed by atoms with Crippen LogP contribution >= 0.6 is 0 Å². The summed E-state index contributed by atoms with van der Waals surface area (Å²) in [6.45, 7) is 0.340. The van der Waals surface area contributed by atoms with Gasteiger partial charge in [-0.15, -0.1) is 0 Å². The molecule has 0 saturated carbocycles. The van der Waals surface area contributed by atoms with Gasteiger partial charge in [-0.05, 0) is 55.2 Å². The monoisotopic (exact) mass is 555 g/mol. The third-order valence-electron chi connectivity index (χ3n) is 7.73. The Balaban J connectivity index is 1.33.